The molecule has 0 saturated carbocycles. The number of nitrogens with two attached hydrogens (primary N) is 1. The summed E-state index contributed by atoms with van der Waals surface area (Å²) < 4.78 is 0. The van der Waals surface area contributed by atoms with Crippen molar-refractivity contribution in [2.75, 3.05) is 11.9 Å². The molecule has 1 aliphatic rings. The second-order valence-corrected chi connectivity index (χ2v) is 3.62. The molecule has 1 heterocycles. The van der Waals surface area contributed by atoms with Crippen molar-refractivity contribution in [2.24, 2.45) is 5.73 Å². The Kier molecular flexibility index (Phi) is 2.83. The van der Waals surface area contributed by atoms with Gasteiger partial charge in [-0.2, -0.15) is 0 Å². The average Bonchev–Trinajstić information content (AvgIpc) is 2.57. The fourth-order valence-electron chi connectivity index (χ4n) is 1.65. The summed E-state index contributed by atoms with van der Waals surface area (Å²) in [6.07, 6.45) is 5.45. The van der Waals surface area contributed by atoms with Crippen LogP contribution in [-0.2, 0) is 11.2 Å². The molecule has 1 aromatic rings. The monoisotopic (exact) mass is 202 g/mol. The van der Waals surface area contributed by atoms with E-state index < -0.39 is 0 Å². The van der Waals surface area contributed by atoms with Crippen LogP contribution in [0.25, 0.3) is 6.08 Å². The minimum absolute atomic E-state index is 0.0769. The van der Waals surface area contributed by atoms with Gasteiger partial charge in [0.25, 0.3) is 0 Å². The Morgan fingerprint density at radius 3 is 3.13 bits per heavy atom. The highest BCUT2D eigenvalue weighted by atomic mass is 16.1. The van der Waals surface area contributed by atoms with Crippen LogP contribution < -0.4 is 11.1 Å². The minimum atomic E-state index is 0.0769. The number of nitrogens with one attached hydrogen (secondary N) is 1. The van der Waals surface area contributed by atoms with E-state index in [2.05, 4.69) is 5.32 Å². The summed E-state index contributed by atoms with van der Waals surface area (Å²) in [5.41, 5.74) is 8.51. The van der Waals surface area contributed by atoms with Gasteiger partial charge in [0, 0.05) is 5.69 Å². The molecule has 1 aromatic carbocycles. The molecule has 3 N–H and O–H groups in total. The van der Waals surface area contributed by atoms with Gasteiger partial charge in [0.2, 0.25) is 5.91 Å². The molecule has 0 saturated heterocycles. The molecule has 78 valence electrons. The lowest BCUT2D eigenvalue weighted by Gasteiger charge is -1.99. The summed E-state index contributed by atoms with van der Waals surface area (Å²) in [4.78, 5) is 11.1. The standard InChI is InChI=1S/C12H14N2O/c13-6-2-1-3-9-4-5-10-8-12(15)14-11(10)7-9/h1,3-5,7H,2,6,8,13H2,(H,14,15). The fourth-order valence-corrected chi connectivity index (χ4v) is 1.65. The summed E-state index contributed by atoms with van der Waals surface area (Å²) >= 11 is 0. The maximum Gasteiger partial charge on any atom is 0.228 e. The van der Waals surface area contributed by atoms with Crippen LogP contribution in [-0.4, -0.2) is 12.5 Å². The highest BCUT2D eigenvalue weighted by Crippen LogP contribution is 2.24. The lowest BCUT2D eigenvalue weighted by atomic mass is 10.1. The number of hydrogen-bond donors (Lipinski definition) is 2. The van der Waals surface area contributed by atoms with Crippen molar-refractivity contribution in [3.8, 4) is 0 Å². The number of carbonyl (C=O) groups excluding carboxylic acids is 1. The zero-order valence-corrected chi connectivity index (χ0v) is 8.49. The highest BCUT2D eigenvalue weighted by Gasteiger charge is 2.16. The third kappa shape index (κ3) is 2.25. The van der Waals surface area contributed by atoms with Gasteiger partial charge in [-0.3, -0.25) is 4.79 Å². The van der Waals surface area contributed by atoms with Crippen LogP contribution in [0.3, 0.4) is 0 Å². The highest BCUT2D eigenvalue weighted by molar-refractivity contribution is 5.99. The van der Waals surface area contributed by atoms with Gasteiger partial charge in [0.15, 0.2) is 0 Å². The maximum absolute atomic E-state index is 11.1. The van der Waals surface area contributed by atoms with E-state index in [4.69, 9.17) is 5.73 Å². The Bertz CT molecular complexity index is 410. The van der Waals surface area contributed by atoms with Gasteiger partial charge in [-0.1, -0.05) is 24.3 Å². The topological polar surface area (TPSA) is 55.1 Å². The van der Waals surface area contributed by atoms with Crippen LogP contribution in [0.5, 0.6) is 0 Å². The normalized spacial score (nSPS) is 14.3. The van der Waals surface area contributed by atoms with Gasteiger partial charge in [0.05, 0.1) is 6.42 Å². The van der Waals surface area contributed by atoms with Crippen molar-refractivity contribution in [3.05, 3.63) is 35.4 Å². The van der Waals surface area contributed by atoms with E-state index in [9.17, 15) is 4.79 Å². The Morgan fingerprint density at radius 2 is 2.33 bits per heavy atom. The molecule has 1 amide bonds. The molecule has 0 radical (unpaired) electrons. The number of anilines is 1. The van der Waals surface area contributed by atoms with Crippen LogP contribution in [0.1, 0.15) is 17.5 Å². The maximum atomic E-state index is 11.1. The van der Waals surface area contributed by atoms with E-state index in [1.165, 1.54) is 0 Å². The first kappa shape index (κ1) is 9.93. The van der Waals surface area contributed by atoms with E-state index in [1.54, 1.807) is 0 Å². The second kappa shape index (κ2) is 4.28. The van der Waals surface area contributed by atoms with Crippen LogP contribution >= 0.6 is 0 Å². The first-order valence-electron chi connectivity index (χ1n) is 5.09. The number of carbonyl (C=O) groups is 1. The quantitative estimate of drug-likeness (QED) is 0.781. The van der Waals surface area contributed by atoms with Crippen molar-refractivity contribution in [1.29, 1.82) is 0 Å². The summed E-state index contributed by atoms with van der Waals surface area (Å²) in [5, 5.41) is 2.83. The van der Waals surface area contributed by atoms with E-state index >= 15 is 0 Å². The molecule has 0 atom stereocenters. The van der Waals surface area contributed by atoms with Crippen molar-refractivity contribution >= 4 is 17.7 Å². The van der Waals surface area contributed by atoms with Crippen molar-refractivity contribution in [1.82, 2.24) is 0 Å². The summed E-state index contributed by atoms with van der Waals surface area (Å²) in [6, 6.07) is 6.01. The minimum Gasteiger partial charge on any atom is -0.330 e. The Balaban J connectivity index is 2.16. The van der Waals surface area contributed by atoms with Gasteiger partial charge >= 0.3 is 0 Å². The first-order chi connectivity index (χ1) is 7.29. The fraction of sp³-hybridized carbons (Fsp3) is 0.250. The van der Waals surface area contributed by atoms with Crippen molar-refractivity contribution < 1.29 is 4.79 Å². The van der Waals surface area contributed by atoms with Crippen LogP contribution in [0.2, 0.25) is 0 Å². The smallest absolute Gasteiger partial charge is 0.228 e. The van der Waals surface area contributed by atoms with Crippen LogP contribution in [0.15, 0.2) is 24.3 Å². The number of fused-ring (bicyclic) bond motifs is 1. The zero-order valence-electron chi connectivity index (χ0n) is 8.49. The number of benzene rings is 1. The molecular formula is C12H14N2O. The lowest BCUT2D eigenvalue weighted by molar-refractivity contribution is -0.115. The first-order valence-corrected chi connectivity index (χ1v) is 5.09. The van der Waals surface area contributed by atoms with Gasteiger partial charge in [0.1, 0.15) is 0 Å². The van der Waals surface area contributed by atoms with Crippen LogP contribution in [0.4, 0.5) is 5.69 Å². The van der Waals surface area contributed by atoms with Gasteiger partial charge in [-0.25, -0.2) is 0 Å². The van der Waals surface area contributed by atoms with Crippen molar-refractivity contribution in [2.45, 2.75) is 12.8 Å². The van der Waals surface area contributed by atoms with Gasteiger partial charge < -0.3 is 11.1 Å². The summed E-state index contributed by atoms with van der Waals surface area (Å²) in [7, 11) is 0. The molecule has 3 nitrogen and oxygen atoms in total. The Hall–Kier alpha value is -1.61. The lowest BCUT2D eigenvalue weighted by Crippen LogP contribution is -2.03. The number of amides is 1. The largest absolute Gasteiger partial charge is 0.330 e. The Morgan fingerprint density at radius 1 is 1.47 bits per heavy atom. The molecule has 0 unspecified atom stereocenters. The molecule has 0 spiro atoms. The zero-order chi connectivity index (χ0) is 10.7. The average molecular weight is 202 g/mol. The molecule has 3 heteroatoms. The molecule has 15 heavy (non-hydrogen) atoms. The summed E-state index contributed by atoms with van der Waals surface area (Å²) in [6.45, 7) is 0.665. The molecule has 0 fully saturated rings. The van der Waals surface area contributed by atoms with E-state index in [0.717, 1.165) is 23.2 Å². The van der Waals surface area contributed by atoms with E-state index in [-0.39, 0.29) is 5.91 Å². The molecular weight excluding hydrogens is 188 g/mol. The van der Waals surface area contributed by atoms with Crippen molar-refractivity contribution in [3.63, 3.8) is 0 Å². The molecule has 0 aliphatic carbocycles. The molecule has 0 aromatic heterocycles. The van der Waals surface area contributed by atoms with Gasteiger partial charge in [-0.15, -0.1) is 0 Å². The third-order valence-corrected chi connectivity index (χ3v) is 2.40. The third-order valence-electron chi connectivity index (χ3n) is 2.40. The van der Waals surface area contributed by atoms with E-state index in [1.807, 2.05) is 30.4 Å². The predicted molar refractivity (Wildman–Crippen MR) is 61.5 cm³/mol. The molecule has 1 aliphatic heterocycles. The van der Waals surface area contributed by atoms with E-state index in [0.29, 0.717) is 13.0 Å². The molecule has 0 bridgehead atoms. The second-order valence-electron chi connectivity index (χ2n) is 3.62. The predicted octanol–water partition coefficient (Wildman–Crippen LogP) is 1.54. The van der Waals surface area contributed by atoms with Gasteiger partial charge in [-0.05, 0) is 30.2 Å². The van der Waals surface area contributed by atoms with Crippen LogP contribution in [0, 0.1) is 0 Å². The molecule has 2 rings (SSSR count). The SMILES string of the molecule is NCCC=Cc1ccc2c(c1)NC(=O)C2. The summed E-state index contributed by atoms with van der Waals surface area (Å²) in [5.74, 6) is 0.0769. The number of rotatable bonds is 3. The Labute approximate surface area is 89.0 Å². The number of hydrogen-bond acceptors (Lipinski definition) is 2.